The zero-order valence-corrected chi connectivity index (χ0v) is 13.9. The van der Waals surface area contributed by atoms with E-state index >= 15 is 0 Å². The molecule has 0 radical (unpaired) electrons. The van der Waals surface area contributed by atoms with Crippen LogP contribution in [0, 0.1) is 12.8 Å². The molecule has 1 heterocycles. The van der Waals surface area contributed by atoms with E-state index in [-0.39, 0.29) is 12.0 Å². The first-order valence-corrected chi connectivity index (χ1v) is 8.64. The number of nitrogens with zero attached hydrogens (tertiary/aromatic N) is 1. The highest BCUT2D eigenvalue weighted by atomic mass is 35.5. The minimum atomic E-state index is 0.241. The lowest BCUT2D eigenvalue weighted by Gasteiger charge is -2.17. The molecule has 1 aromatic rings. The first-order valence-electron chi connectivity index (χ1n) is 8.26. The van der Waals surface area contributed by atoms with Crippen LogP contribution >= 0.6 is 11.6 Å². The number of likely N-dealkylation sites (tertiary alicyclic amines) is 1. The van der Waals surface area contributed by atoms with Crippen molar-refractivity contribution in [1.29, 1.82) is 0 Å². The molecule has 1 saturated heterocycles. The Kier molecular flexibility index (Phi) is 5.04. The average Bonchev–Trinajstić information content (AvgIpc) is 3.22. The number of rotatable bonds is 6. The zero-order valence-electron chi connectivity index (χ0n) is 13.2. The van der Waals surface area contributed by atoms with Crippen LogP contribution in [0.1, 0.15) is 36.8 Å². The van der Waals surface area contributed by atoms with E-state index in [1.807, 2.05) is 24.0 Å². The van der Waals surface area contributed by atoms with Crippen LogP contribution in [0.2, 0.25) is 5.02 Å². The van der Waals surface area contributed by atoms with Crippen molar-refractivity contribution in [1.82, 2.24) is 4.90 Å². The maximum absolute atomic E-state index is 12.3. The fraction of sp³-hybridized carbons (Fsp3) is 0.611. The number of ether oxygens (including phenoxy) is 1. The molecule has 1 aliphatic heterocycles. The van der Waals surface area contributed by atoms with Gasteiger partial charge >= 0.3 is 0 Å². The summed E-state index contributed by atoms with van der Waals surface area (Å²) in [4.78, 5) is 14.3. The van der Waals surface area contributed by atoms with Crippen molar-refractivity contribution in [2.45, 2.75) is 45.1 Å². The maximum Gasteiger partial charge on any atom is 0.222 e. The zero-order chi connectivity index (χ0) is 15.5. The van der Waals surface area contributed by atoms with E-state index in [2.05, 4.69) is 6.07 Å². The van der Waals surface area contributed by atoms with E-state index in [4.69, 9.17) is 16.3 Å². The molecule has 1 amide bonds. The van der Waals surface area contributed by atoms with E-state index < -0.39 is 0 Å². The van der Waals surface area contributed by atoms with Crippen molar-refractivity contribution in [3.8, 4) is 0 Å². The number of aryl methyl sites for hydroxylation is 2. The van der Waals surface area contributed by atoms with Crippen LogP contribution in [0.4, 0.5) is 0 Å². The fourth-order valence-corrected chi connectivity index (χ4v) is 3.04. The van der Waals surface area contributed by atoms with Crippen molar-refractivity contribution < 1.29 is 9.53 Å². The molecule has 2 aliphatic rings. The quantitative estimate of drug-likeness (QED) is 0.801. The normalized spacial score (nSPS) is 21.4. The molecule has 4 heteroatoms. The summed E-state index contributed by atoms with van der Waals surface area (Å²) in [5, 5.41) is 0.783. The summed E-state index contributed by atoms with van der Waals surface area (Å²) < 4.78 is 5.89. The summed E-state index contributed by atoms with van der Waals surface area (Å²) in [5.74, 6) is 1.03. The highest BCUT2D eigenvalue weighted by molar-refractivity contribution is 6.31. The Bertz CT molecular complexity index is 542. The first-order chi connectivity index (χ1) is 10.6. The van der Waals surface area contributed by atoms with E-state index in [1.54, 1.807) is 0 Å². The highest BCUT2D eigenvalue weighted by Gasteiger charge is 2.29. The molecule has 120 valence electrons. The second-order valence-corrected chi connectivity index (χ2v) is 7.02. The Morgan fingerprint density at radius 1 is 1.36 bits per heavy atom. The fourth-order valence-electron chi connectivity index (χ4n) is 2.92. The van der Waals surface area contributed by atoms with Gasteiger partial charge < -0.3 is 9.64 Å². The summed E-state index contributed by atoms with van der Waals surface area (Å²) in [6.45, 7) is 4.49. The van der Waals surface area contributed by atoms with E-state index in [0.717, 1.165) is 49.0 Å². The molecule has 0 bridgehead atoms. The predicted molar refractivity (Wildman–Crippen MR) is 88.2 cm³/mol. The summed E-state index contributed by atoms with van der Waals surface area (Å²) in [6, 6.07) is 5.99. The molecule has 1 aromatic carbocycles. The number of halogens is 1. The second-order valence-electron chi connectivity index (χ2n) is 6.61. The van der Waals surface area contributed by atoms with Gasteiger partial charge in [-0.2, -0.15) is 0 Å². The van der Waals surface area contributed by atoms with Gasteiger partial charge in [0, 0.05) is 31.1 Å². The number of hydrogen-bond donors (Lipinski definition) is 0. The number of hydrogen-bond acceptors (Lipinski definition) is 2. The van der Waals surface area contributed by atoms with Gasteiger partial charge in [0.25, 0.3) is 0 Å². The minimum Gasteiger partial charge on any atom is -0.376 e. The molecule has 1 atom stereocenters. The highest BCUT2D eigenvalue weighted by Crippen LogP contribution is 2.30. The SMILES string of the molecule is Cc1cc(CCC(=O)N2CC[C@@H](OCC3CC3)C2)ccc1Cl. The van der Waals surface area contributed by atoms with Gasteiger partial charge in [-0.1, -0.05) is 23.7 Å². The van der Waals surface area contributed by atoms with Gasteiger partial charge in [0.15, 0.2) is 0 Å². The summed E-state index contributed by atoms with van der Waals surface area (Å²) in [5.41, 5.74) is 2.25. The van der Waals surface area contributed by atoms with Crippen LogP contribution in [0.25, 0.3) is 0 Å². The maximum atomic E-state index is 12.3. The van der Waals surface area contributed by atoms with Gasteiger partial charge in [0.2, 0.25) is 5.91 Å². The van der Waals surface area contributed by atoms with Crippen molar-refractivity contribution in [2.24, 2.45) is 5.92 Å². The van der Waals surface area contributed by atoms with Gasteiger partial charge in [0.05, 0.1) is 6.10 Å². The summed E-state index contributed by atoms with van der Waals surface area (Å²) >= 11 is 6.03. The van der Waals surface area contributed by atoms with Gasteiger partial charge in [0.1, 0.15) is 0 Å². The first kappa shape index (κ1) is 15.8. The lowest BCUT2D eigenvalue weighted by molar-refractivity contribution is -0.130. The van der Waals surface area contributed by atoms with E-state index in [1.165, 1.54) is 18.4 Å². The monoisotopic (exact) mass is 321 g/mol. The molecular weight excluding hydrogens is 298 g/mol. The molecule has 0 N–H and O–H groups in total. The Morgan fingerprint density at radius 3 is 2.91 bits per heavy atom. The third-order valence-electron chi connectivity index (χ3n) is 4.61. The lowest BCUT2D eigenvalue weighted by atomic mass is 10.1. The van der Waals surface area contributed by atoms with Gasteiger partial charge in [-0.25, -0.2) is 0 Å². The van der Waals surface area contributed by atoms with Gasteiger partial charge in [-0.3, -0.25) is 4.79 Å². The van der Waals surface area contributed by atoms with Gasteiger partial charge in [-0.15, -0.1) is 0 Å². The van der Waals surface area contributed by atoms with Crippen LogP contribution in [-0.4, -0.2) is 36.6 Å². The van der Waals surface area contributed by atoms with Crippen LogP contribution < -0.4 is 0 Å². The molecule has 0 aromatic heterocycles. The summed E-state index contributed by atoms with van der Waals surface area (Å²) in [7, 11) is 0. The molecule has 2 fully saturated rings. The minimum absolute atomic E-state index is 0.241. The van der Waals surface area contributed by atoms with Crippen LogP contribution in [0.3, 0.4) is 0 Å². The third kappa shape index (κ3) is 4.23. The standard InChI is InChI=1S/C18H24ClNO2/c1-13-10-14(4-6-17(13)19)5-7-18(21)20-9-8-16(11-20)22-12-15-2-3-15/h4,6,10,15-16H,2-3,5,7-9,11-12H2,1H3/t16-/m1/s1. The van der Waals surface area contributed by atoms with Crippen molar-refractivity contribution in [2.75, 3.05) is 19.7 Å². The van der Waals surface area contributed by atoms with Crippen LogP contribution in [0.15, 0.2) is 18.2 Å². The summed E-state index contributed by atoms with van der Waals surface area (Å²) in [6.07, 6.45) is 5.21. The molecule has 1 saturated carbocycles. The Morgan fingerprint density at radius 2 is 2.18 bits per heavy atom. The third-order valence-corrected chi connectivity index (χ3v) is 5.04. The topological polar surface area (TPSA) is 29.5 Å². The second kappa shape index (κ2) is 7.01. The van der Waals surface area contributed by atoms with Gasteiger partial charge in [-0.05, 0) is 55.7 Å². The van der Waals surface area contributed by atoms with E-state index in [0.29, 0.717) is 6.42 Å². The largest absolute Gasteiger partial charge is 0.376 e. The molecule has 0 spiro atoms. The molecular formula is C18H24ClNO2. The molecule has 3 rings (SSSR count). The Labute approximate surface area is 137 Å². The van der Waals surface area contributed by atoms with Crippen molar-refractivity contribution in [3.63, 3.8) is 0 Å². The van der Waals surface area contributed by atoms with Crippen LogP contribution in [-0.2, 0) is 16.0 Å². The van der Waals surface area contributed by atoms with Crippen molar-refractivity contribution in [3.05, 3.63) is 34.3 Å². The Balaban J connectivity index is 1.42. The van der Waals surface area contributed by atoms with E-state index in [9.17, 15) is 4.79 Å². The molecule has 3 nitrogen and oxygen atoms in total. The lowest BCUT2D eigenvalue weighted by Crippen LogP contribution is -2.30. The van der Waals surface area contributed by atoms with Crippen LogP contribution in [0.5, 0.6) is 0 Å². The van der Waals surface area contributed by atoms with Crippen molar-refractivity contribution >= 4 is 17.5 Å². The number of carbonyl (C=O) groups is 1. The predicted octanol–water partition coefficient (Wildman–Crippen LogP) is 3.61. The molecule has 22 heavy (non-hydrogen) atoms. The Hall–Kier alpha value is -1.06. The number of carbonyl (C=O) groups excluding carboxylic acids is 1. The smallest absolute Gasteiger partial charge is 0.222 e. The number of amides is 1. The molecule has 1 aliphatic carbocycles. The molecule has 0 unspecified atom stereocenters. The number of benzene rings is 1. The average molecular weight is 322 g/mol.